The van der Waals surface area contributed by atoms with Crippen LogP contribution in [0.5, 0.6) is 5.75 Å². The Hall–Kier alpha value is -1.80. The second-order valence-corrected chi connectivity index (χ2v) is 5.53. The van der Waals surface area contributed by atoms with Crippen LogP contribution >= 0.6 is 0 Å². The van der Waals surface area contributed by atoms with Gasteiger partial charge in [0.2, 0.25) is 0 Å². The minimum absolute atomic E-state index is 0.0575. The first-order chi connectivity index (χ1) is 9.47. The number of hydrogen-bond donors (Lipinski definition) is 1. The molecule has 0 saturated heterocycles. The molecule has 0 heterocycles. The van der Waals surface area contributed by atoms with Crippen LogP contribution in [0.3, 0.4) is 0 Å². The minimum atomic E-state index is 0.0575. The van der Waals surface area contributed by atoms with Gasteiger partial charge in [-0.3, -0.25) is 0 Å². The molecule has 1 unspecified atom stereocenters. The van der Waals surface area contributed by atoms with Crippen LogP contribution in [0.1, 0.15) is 40.8 Å². The Kier molecular flexibility index (Phi) is 4.46. The zero-order valence-corrected chi connectivity index (χ0v) is 12.7. The molecule has 2 heteroatoms. The standard InChI is InChI=1S/C18H23NO/c1-12-5-6-17(13(2)9-12)11-20-18-8-7-16(15(4)19)10-14(18)3/h5-10,15H,11,19H2,1-4H3. The van der Waals surface area contributed by atoms with Crippen LogP contribution in [0.4, 0.5) is 0 Å². The number of aryl methyl sites for hydroxylation is 3. The van der Waals surface area contributed by atoms with E-state index in [2.05, 4.69) is 45.0 Å². The van der Waals surface area contributed by atoms with E-state index >= 15 is 0 Å². The topological polar surface area (TPSA) is 35.2 Å². The van der Waals surface area contributed by atoms with Crippen molar-refractivity contribution in [1.82, 2.24) is 0 Å². The summed E-state index contributed by atoms with van der Waals surface area (Å²) in [5.41, 5.74) is 11.9. The molecule has 0 spiro atoms. The maximum absolute atomic E-state index is 5.94. The van der Waals surface area contributed by atoms with E-state index in [1.165, 1.54) is 16.7 Å². The lowest BCUT2D eigenvalue weighted by atomic mass is 10.1. The van der Waals surface area contributed by atoms with Gasteiger partial charge in [0, 0.05) is 6.04 Å². The zero-order chi connectivity index (χ0) is 14.7. The van der Waals surface area contributed by atoms with Crippen LogP contribution in [0, 0.1) is 20.8 Å². The lowest BCUT2D eigenvalue weighted by molar-refractivity contribution is 0.303. The molecule has 2 nitrogen and oxygen atoms in total. The first-order valence-corrected chi connectivity index (χ1v) is 7.02. The van der Waals surface area contributed by atoms with Gasteiger partial charge in [-0.1, -0.05) is 35.9 Å². The number of rotatable bonds is 4. The van der Waals surface area contributed by atoms with Crippen LogP contribution in [-0.4, -0.2) is 0 Å². The molecule has 0 aliphatic carbocycles. The third-order valence-electron chi connectivity index (χ3n) is 3.61. The van der Waals surface area contributed by atoms with Gasteiger partial charge in [-0.2, -0.15) is 0 Å². The lowest BCUT2D eigenvalue weighted by Crippen LogP contribution is -2.06. The highest BCUT2D eigenvalue weighted by atomic mass is 16.5. The third-order valence-corrected chi connectivity index (χ3v) is 3.61. The highest BCUT2D eigenvalue weighted by molar-refractivity contribution is 5.38. The van der Waals surface area contributed by atoms with Crippen molar-refractivity contribution in [2.45, 2.75) is 40.3 Å². The lowest BCUT2D eigenvalue weighted by Gasteiger charge is -2.13. The summed E-state index contributed by atoms with van der Waals surface area (Å²) in [6.07, 6.45) is 0. The van der Waals surface area contributed by atoms with Crippen LogP contribution in [0.25, 0.3) is 0 Å². The van der Waals surface area contributed by atoms with Crippen molar-refractivity contribution in [1.29, 1.82) is 0 Å². The number of benzene rings is 2. The first-order valence-electron chi connectivity index (χ1n) is 7.02. The first kappa shape index (κ1) is 14.6. The Bertz CT molecular complexity index is 602. The molecule has 0 aliphatic rings. The Labute approximate surface area is 121 Å². The minimum Gasteiger partial charge on any atom is -0.489 e. The Morgan fingerprint density at radius 3 is 2.35 bits per heavy atom. The molecule has 1 atom stereocenters. The van der Waals surface area contributed by atoms with Gasteiger partial charge < -0.3 is 10.5 Å². The van der Waals surface area contributed by atoms with Crippen molar-refractivity contribution in [3.8, 4) is 5.75 Å². The molecule has 2 N–H and O–H groups in total. The van der Waals surface area contributed by atoms with E-state index in [-0.39, 0.29) is 6.04 Å². The van der Waals surface area contributed by atoms with E-state index in [0.717, 1.165) is 16.9 Å². The summed E-state index contributed by atoms with van der Waals surface area (Å²) >= 11 is 0. The fraction of sp³-hybridized carbons (Fsp3) is 0.333. The summed E-state index contributed by atoms with van der Waals surface area (Å²) in [5.74, 6) is 0.925. The van der Waals surface area contributed by atoms with E-state index in [9.17, 15) is 0 Å². The molecule has 106 valence electrons. The highest BCUT2D eigenvalue weighted by Gasteiger charge is 2.05. The van der Waals surface area contributed by atoms with Gasteiger partial charge in [-0.05, 0) is 56.0 Å². The summed E-state index contributed by atoms with van der Waals surface area (Å²) in [6, 6.07) is 12.6. The van der Waals surface area contributed by atoms with Gasteiger partial charge in [0.1, 0.15) is 12.4 Å². The smallest absolute Gasteiger partial charge is 0.122 e. The SMILES string of the molecule is Cc1ccc(COc2ccc(C(C)N)cc2C)c(C)c1. The van der Waals surface area contributed by atoms with E-state index < -0.39 is 0 Å². The second kappa shape index (κ2) is 6.10. The van der Waals surface area contributed by atoms with Crippen LogP contribution in [-0.2, 0) is 6.61 Å². The van der Waals surface area contributed by atoms with Crippen molar-refractivity contribution < 1.29 is 4.74 Å². The van der Waals surface area contributed by atoms with Crippen molar-refractivity contribution in [2.75, 3.05) is 0 Å². The molecule has 2 rings (SSSR count). The predicted octanol–water partition coefficient (Wildman–Crippen LogP) is 4.21. The molecule has 0 saturated carbocycles. The Morgan fingerprint density at radius 2 is 1.75 bits per heavy atom. The molecule has 20 heavy (non-hydrogen) atoms. The van der Waals surface area contributed by atoms with Crippen molar-refractivity contribution >= 4 is 0 Å². The van der Waals surface area contributed by atoms with E-state index in [4.69, 9.17) is 10.5 Å². The molecule has 0 aromatic heterocycles. The number of nitrogens with two attached hydrogens (primary N) is 1. The summed E-state index contributed by atoms with van der Waals surface area (Å²) in [6.45, 7) is 8.88. The van der Waals surface area contributed by atoms with Gasteiger partial charge in [0.25, 0.3) is 0 Å². The second-order valence-electron chi connectivity index (χ2n) is 5.53. The highest BCUT2D eigenvalue weighted by Crippen LogP contribution is 2.23. The summed E-state index contributed by atoms with van der Waals surface area (Å²) in [5, 5.41) is 0. The van der Waals surface area contributed by atoms with Crippen LogP contribution in [0.2, 0.25) is 0 Å². The molecule has 0 aliphatic heterocycles. The third kappa shape index (κ3) is 3.40. The zero-order valence-electron chi connectivity index (χ0n) is 12.7. The summed E-state index contributed by atoms with van der Waals surface area (Å²) in [7, 11) is 0. The van der Waals surface area contributed by atoms with Crippen LogP contribution < -0.4 is 10.5 Å². The molecular formula is C18H23NO. The fourth-order valence-corrected chi connectivity index (χ4v) is 2.28. The average Bonchev–Trinajstić information content (AvgIpc) is 2.38. The van der Waals surface area contributed by atoms with Gasteiger partial charge >= 0.3 is 0 Å². The van der Waals surface area contributed by atoms with E-state index in [1.54, 1.807) is 0 Å². The monoisotopic (exact) mass is 269 g/mol. The predicted molar refractivity (Wildman–Crippen MR) is 84.0 cm³/mol. The Balaban J connectivity index is 2.11. The molecule has 0 fully saturated rings. The van der Waals surface area contributed by atoms with Gasteiger partial charge in [0.15, 0.2) is 0 Å². The van der Waals surface area contributed by atoms with Crippen molar-refractivity contribution in [2.24, 2.45) is 5.73 Å². The molecule has 2 aromatic carbocycles. The normalized spacial score (nSPS) is 12.2. The molecule has 0 radical (unpaired) electrons. The molecule has 2 aromatic rings. The van der Waals surface area contributed by atoms with E-state index in [0.29, 0.717) is 6.61 Å². The molecule has 0 bridgehead atoms. The van der Waals surface area contributed by atoms with Crippen molar-refractivity contribution in [3.05, 3.63) is 64.2 Å². The van der Waals surface area contributed by atoms with Gasteiger partial charge in [-0.15, -0.1) is 0 Å². The summed E-state index contributed by atoms with van der Waals surface area (Å²) in [4.78, 5) is 0. The van der Waals surface area contributed by atoms with Crippen molar-refractivity contribution in [3.63, 3.8) is 0 Å². The molecular weight excluding hydrogens is 246 g/mol. The van der Waals surface area contributed by atoms with Gasteiger partial charge in [0.05, 0.1) is 0 Å². The largest absolute Gasteiger partial charge is 0.489 e. The van der Waals surface area contributed by atoms with E-state index in [1.807, 2.05) is 19.1 Å². The maximum Gasteiger partial charge on any atom is 0.122 e. The quantitative estimate of drug-likeness (QED) is 0.902. The fourth-order valence-electron chi connectivity index (χ4n) is 2.28. The average molecular weight is 269 g/mol. The number of ether oxygens (including phenoxy) is 1. The maximum atomic E-state index is 5.94. The molecule has 0 amide bonds. The van der Waals surface area contributed by atoms with Gasteiger partial charge in [-0.25, -0.2) is 0 Å². The number of hydrogen-bond acceptors (Lipinski definition) is 2. The Morgan fingerprint density at radius 1 is 1.00 bits per heavy atom. The summed E-state index contributed by atoms with van der Waals surface area (Å²) < 4.78 is 5.94. The van der Waals surface area contributed by atoms with Crippen LogP contribution in [0.15, 0.2) is 36.4 Å².